The number of unbranched alkanes of at least 4 members (excludes halogenated alkanes) is 1. The van der Waals surface area contributed by atoms with E-state index in [9.17, 15) is 9.59 Å². The largest absolute Gasteiger partial charge is 0.465 e. The molecule has 0 aromatic heterocycles. The van der Waals surface area contributed by atoms with Crippen molar-refractivity contribution in [2.75, 3.05) is 25.6 Å². The Morgan fingerprint density at radius 3 is 2.96 bits per heavy atom. The number of amides is 1. The monoisotopic (exact) mass is 345 g/mol. The van der Waals surface area contributed by atoms with Gasteiger partial charge in [-0.15, -0.1) is 11.8 Å². The van der Waals surface area contributed by atoms with Crippen molar-refractivity contribution in [3.05, 3.63) is 11.0 Å². The number of hydrogen-bond donors (Lipinski definition) is 3. The number of rotatable bonds is 8. The van der Waals surface area contributed by atoms with Gasteiger partial charge in [-0.1, -0.05) is 13.0 Å². The molecule has 2 aliphatic heterocycles. The summed E-state index contributed by atoms with van der Waals surface area (Å²) in [7, 11) is 0. The van der Waals surface area contributed by atoms with Gasteiger partial charge in [0.2, 0.25) is 0 Å². The maximum Gasteiger partial charge on any atom is 0.408 e. The summed E-state index contributed by atoms with van der Waals surface area (Å²) in [6, 6.07) is 0.0540. The molecule has 0 aliphatic carbocycles. The highest BCUT2D eigenvalue weighted by molar-refractivity contribution is 8.03. The normalized spacial score (nSPS) is 25.2. The number of alkyl carbamates (subject to hydrolysis) is 1. The minimum atomic E-state index is -0.799. The van der Waals surface area contributed by atoms with E-state index < -0.39 is 5.41 Å². The van der Waals surface area contributed by atoms with Crippen LogP contribution in [0.3, 0.4) is 0 Å². The second kappa shape index (κ2) is 8.03. The zero-order valence-corrected chi connectivity index (χ0v) is 13.9. The van der Waals surface area contributed by atoms with Crippen molar-refractivity contribution < 1.29 is 29.3 Å². The lowest BCUT2D eigenvalue weighted by atomic mass is 9.94. The average molecular weight is 345 g/mol. The van der Waals surface area contributed by atoms with Crippen LogP contribution < -0.4 is 5.32 Å². The smallest absolute Gasteiger partial charge is 0.408 e. The van der Waals surface area contributed by atoms with Gasteiger partial charge in [0.1, 0.15) is 6.61 Å². The Kier molecular flexibility index (Phi) is 6.32. The van der Waals surface area contributed by atoms with E-state index in [4.69, 9.17) is 19.7 Å². The van der Waals surface area contributed by atoms with Crippen LogP contribution in [-0.4, -0.2) is 60.0 Å². The average Bonchev–Trinajstić information content (AvgIpc) is 3.08. The molecule has 0 radical (unpaired) electrons. The van der Waals surface area contributed by atoms with E-state index >= 15 is 0 Å². The van der Waals surface area contributed by atoms with Crippen molar-refractivity contribution in [1.82, 2.24) is 5.32 Å². The summed E-state index contributed by atoms with van der Waals surface area (Å²) in [6.45, 7) is 1.17. The Morgan fingerprint density at radius 1 is 1.52 bits per heavy atom. The van der Waals surface area contributed by atoms with Crippen molar-refractivity contribution >= 4 is 23.8 Å². The number of aliphatic hydroxyl groups is 2. The second-order valence-electron chi connectivity index (χ2n) is 6.17. The van der Waals surface area contributed by atoms with E-state index in [2.05, 4.69) is 5.32 Å². The van der Waals surface area contributed by atoms with Gasteiger partial charge in [0.05, 0.1) is 19.3 Å². The highest BCUT2D eigenvalue weighted by Gasteiger charge is 2.41. The maximum atomic E-state index is 11.7. The van der Waals surface area contributed by atoms with Crippen LogP contribution in [0.25, 0.3) is 0 Å². The number of thioether (sulfide) groups is 1. The van der Waals surface area contributed by atoms with Crippen LogP contribution in [0, 0.1) is 5.41 Å². The third-order valence-corrected chi connectivity index (χ3v) is 5.15. The third-order valence-electron chi connectivity index (χ3n) is 3.89. The summed E-state index contributed by atoms with van der Waals surface area (Å²) in [6.07, 6.45) is 3.06. The Morgan fingerprint density at radius 2 is 2.26 bits per heavy atom. The first-order valence-corrected chi connectivity index (χ1v) is 8.63. The summed E-state index contributed by atoms with van der Waals surface area (Å²) >= 11 is 1.66. The fourth-order valence-corrected chi connectivity index (χ4v) is 3.49. The molecule has 2 heterocycles. The van der Waals surface area contributed by atoms with Crippen LogP contribution in [0.4, 0.5) is 4.79 Å². The summed E-state index contributed by atoms with van der Waals surface area (Å²) in [5.41, 5.74) is -0.799. The van der Waals surface area contributed by atoms with Gasteiger partial charge in [-0.3, -0.25) is 4.79 Å². The molecule has 0 spiro atoms. The van der Waals surface area contributed by atoms with Crippen LogP contribution in [0.2, 0.25) is 0 Å². The predicted molar refractivity (Wildman–Crippen MR) is 84.8 cm³/mol. The topological polar surface area (TPSA) is 105 Å². The van der Waals surface area contributed by atoms with Gasteiger partial charge in [0.25, 0.3) is 0 Å². The number of carbonyl (C=O) groups excluding carboxylic acids is 2. The number of esters is 1. The number of ether oxygens (including phenoxy) is 2. The fraction of sp³-hybridized carbons (Fsp3) is 0.733. The molecule has 1 unspecified atom stereocenters. The minimum Gasteiger partial charge on any atom is -0.465 e. The Bertz CT molecular complexity index is 477. The highest BCUT2D eigenvalue weighted by Crippen LogP contribution is 2.36. The van der Waals surface area contributed by atoms with Gasteiger partial charge >= 0.3 is 12.1 Å². The molecule has 0 aromatic carbocycles. The van der Waals surface area contributed by atoms with Crippen molar-refractivity contribution in [2.24, 2.45) is 5.41 Å². The van der Waals surface area contributed by atoms with E-state index in [1.54, 1.807) is 18.7 Å². The Balaban J connectivity index is 1.66. The number of fused-ring (bicyclic) bond motifs is 1. The van der Waals surface area contributed by atoms with Crippen molar-refractivity contribution in [2.45, 2.75) is 38.3 Å². The van der Waals surface area contributed by atoms with Crippen molar-refractivity contribution in [3.63, 3.8) is 0 Å². The van der Waals surface area contributed by atoms with Crippen LogP contribution in [-0.2, 0) is 14.3 Å². The minimum absolute atomic E-state index is 0.00114. The number of nitrogens with one attached hydrogen (secondary N) is 1. The van der Waals surface area contributed by atoms with Crippen LogP contribution >= 0.6 is 11.8 Å². The molecule has 23 heavy (non-hydrogen) atoms. The van der Waals surface area contributed by atoms with Gasteiger partial charge < -0.3 is 25.0 Å². The number of aliphatic hydroxyl groups excluding tert-OH is 2. The molecule has 0 bridgehead atoms. The van der Waals surface area contributed by atoms with Crippen molar-refractivity contribution in [1.29, 1.82) is 0 Å². The van der Waals surface area contributed by atoms with E-state index in [0.717, 1.165) is 10.7 Å². The molecule has 0 aromatic rings. The first kappa shape index (κ1) is 18.1. The molecular formula is C15H23NO6S. The lowest BCUT2D eigenvalue weighted by molar-refractivity contribution is -0.149. The summed E-state index contributed by atoms with van der Waals surface area (Å²) in [5.74, 6) is 0.466. The van der Waals surface area contributed by atoms with E-state index in [1.807, 2.05) is 6.08 Å². The lowest BCUT2D eigenvalue weighted by Gasteiger charge is -2.23. The fourth-order valence-electron chi connectivity index (χ4n) is 2.25. The number of carbonyl (C=O) groups is 2. The Hall–Kier alpha value is -1.25. The van der Waals surface area contributed by atoms with Gasteiger partial charge in [-0.2, -0.15) is 0 Å². The highest BCUT2D eigenvalue weighted by atomic mass is 32.2. The van der Waals surface area contributed by atoms with Crippen LogP contribution in [0.5, 0.6) is 0 Å². The van der Waals surface area contributed by atoms with Crippen LogP contribution in [0.1, 0.15) is 26.2 Å². The maximum absolute atomic E-state index is 11.7. The Labute approximate surface area is 139 Å². The molecule has 1 amide bonds. The van der Waals surface area contributed by atoms with Gasteiger partial charge in [-0.25, -0.2) is 4.79 Å². The summed E-state index contributed by atoms with van der Waals surface area (Å²) < 4.78 is 10.3. The van der Waals surface area contributed by atoms with Gasteiger partial charge in [-0.05, 0) is 12.8 Å². The summed E-state index contributed by atoms with van der Waals surface area (Å²) in [5, 5.41) is 21.0. The SMILES string of the molecule is CC(CO)(CO)COC(=O)CCC/C=C1/SCC2NC(=O)O[C@H]12. The number of hydrogen-bond acceptors (Lipinski definition) is 7. The molecule has 2 atom stereocenters. The number of allylic oxidation sites excluding steroid dienone is 1. The first-order chi connectivity index (χ1) is 11.0. The zero-order chi connectivity index (χ0) is 16.9. The van der Waals surface area contributed by atoms with Gasteiger partial charge in [0.15, 0.2) is 6.10 Å². The van der Waals surface area contributed by atoms with Crippen molar-refractivity contribution in [3.8, 4) is 0 Å². The van der Waals surface area contributed by atoms with E-state index in [-0.39, 0.29) is 50.4 Å². The zero-order valence-electron chi connectivity index (χ0n) is 13.1. The molecule has 2 rings (SSSR count). The predicted octanol–water partition coefficient (Wildman–Crippen LogP) is 0.798. The molecule has 2 fully saturated rings. The molecule has 8 heteroatoms. The van der Waals surface area contributed by atoms with Gasteiger partial charge in [0, 0.05) is 22.5 Å². The second-order valence-corrected chi connectivity index (χ2v) is 7.27. The molecule has 130 valence electrons. The molecule has 7 nitrogen and oxygen atoms in total. The quantitative estimate of drug-likeness (QED) is 0.441. The van der Waals surface area contributed by atoms with E-state index in [1.165, 1.54) is 0 Å². The van der Waals surface area contributed by atoms with Crippen LogP contribution in [0.15, 0.2) is 11.0 Å². The first-order valence-electron chi connectivity index (χ1n) is 7.65. The van der Waals surface area contributed by atoms with E-state index in [0.29, 0.717) is 12.8 Å². The molecule has 3 N–H and O–H groups in total. The molecule has 2 aliphatic rings. The molecule has 2 saturated heterocycles. The molecular weight excluding hydrogens is 322 g/mol. The summed E-state index contributed by atoms with van der Waals surface area (Å²) in [4.78, 5) is 23.8. The standard InChI is InChI=1S/C15H23NO6S/c1-15(7-17,8-18)9-21-12(19)5-3-2-4-11-13-10(6-23-11)16-14(20)22-13/h4,10,13,17-18H,2-3,5-9H2,1H3,(H,16,20)/b11-4+/t10?,13-/m0/s1. The third kappa shape index (κ3) is 4.86. The molecule has 0 saturated carbocycles. The lowest BCUT2D eigenvalue weighted by Crippen LogP contribution is -2.32.